The Kier molecular flexibility index (Phi) is 4.90. The molecule has 0 amide bonds. The van der Waals surface area contributed by atoms with Crippen molar-refractivity contribution in [3.63, 3.8) is 0 Å². The second-order valence-corrected chi connectivity index (χ2v) is 4.96. The molecule has 1 atom stereocenters. The standard InChI is InChI=1S/C12H25NO/c1-4-8-14-10-12(9-11(2)3)6-5-7-13-12/h11,13H,4-10H2,1-3H3. The molecule has 1 fully saturated rings. The van der Waals surface area contributed by atoms with Crippen molar-refractivity contribution in [2.24, 2.45) is 5.92 Å². The molecule has 1 saturated heterocycles. The van der Waals surface area contributed by atoms with Crippen molar-refractivity contribution < 1.29 is 4.74 Å². The van der Waals surface area contributed by atoms with E-state index in [0.29, 0.717) is 5.54 Å². The quantitative estimate of drug-likeness (QED) is 0.664. The van der Waals surface area contributed by atoms with Gasteiger partial charge in [0.15, 0.2) is 0 Å². The molecule has 2 nitrogen and oxygen atoms in total. The molecule has 0 aromatic rings. The van der Waals surface area contributed by atoms with E-state index in [1.54, 1.807) is 0 Å². The Morgan fingerprint density at radius 3 is 2.71 bits per heavy atom. The van der Waals surface area contributed by atoms with Crippen molar-refractivity contribution in [1.29, 1.82) is 0 Å². The fraction of sp³-hybridized carbons (Fsp3) is 1.00. The lowest BCUT2D eigenvalue weighted by Gasteiger charge is -2.31. The molecule has 0 aliphatic carbocycles. The van der Waals surface area contributed by atoms with Gasteiger partial charge in [-0.3, -0.25) is 0 Å². The highest BCUT2D eigenvalue weighted by Gasteiger charge is 2.33. The van der Waals surface area contributed by atoms with E-state index in [2.05, 4.69) is 26.1 Å². The monoisotopic (exact) mass is 199 g/mol. The molecule has 14 heavy (non-hydrogen) atoms. The summed E-state index contributed by atoms with van der Waals surface area (Å²) < 4.78 is 5.71. The van der Waals surface area contributed by atoms with Crippen LogP contribution in [0.2, 0.25) is 0 Å². The highest BCUT2D eigenvalue weighted by molar-refractivity contribution is 4.93. The Labute approximate surface area is 88.4 Å². The Morgan fingerprint density at radius 1 is 1.43 bits per heavy atom. The Morgan fingerprint density at radius 2 is 2.21 bits per heavy atom. The maximum Gasteiger partial charge on any atom is 0.0648 e. The van der Waals surface area contributed by atoms with E-state index < -0.39 is 0 Å². The molecule has 1 unspecified atom stereocenters. The maximum absolute atomic E-state index is 5.71. The minimum absolute atomic E-state index is 0.295. The number of nitrogens with one attached hydrogen (secondary N) is 1. The zero-order chi connectivity index (χ0) is 10.4. The lowest BCUT2D eigenvalue weighted by molar-refractivity contribution is 0.0666. The molecule has 0 bridgehead atoms. The van der Waals surface area contributed by atoms with Crippen LogP contribution in [0.5, 0.6) is 0 Å². The van der Waals surface area contributed by atoms with E-state index in [4.69, 9.17) is 4.74 Å². The van der Waals surface area contributed by atoms with Crippen molar-refractivity contribution in [3.05, 3.63) is 0 Å². The zero-order valence-corrected chi connectivity index (χ0v) is 9.94. The van der Waals surface area contributed by atoms with E-state index in [0.717, 1.165) is 25.6 Å². The fourth-order valence-electron chi connectivity index (χ4n) is 2.42. The van der Waals surface area contributed by atoms with E-state index >= 15 is 0 Å². The Bertz CT molecular complexity index is 150. The summed E-state index contributed by atoms with van der Waals surface area (Å²) in [5.41, 5.74) is 0.295. The van der Waals surface area contributed by atoms with Crippen LogP contribution in [0.4, 0.5) is 0 Å². The first-order valence-electron chi connectivity index (χ1n) is 6.01. The van der Waals surface area contributed by atoms with Gasteiger partial charge in [-0.1, -0.05) is 20.8 Å². The second kappa shape index (κ2) is 5.72. The van der Waals surface area contributed by atoms with Crippen molar-refractivity contribution in [1.82, 2.24) is 5.32 Å². The smallest absolute Gasteiger partial charge is 0.0648 e. The number of rotatable bonds is 6. The third kappa shape index (κ3) is 3.58. The van der Waals surface area contributed by atoms with Gasteiger partial charge in [-0.05, 0) is 38.1 Å². The molecule has 1 aliphatic heterocycles. The van der Waals surface area contributed by atoms with Gasteiger partial charge in [0.05, 0.1) is 6.61 Å². The van der Waals surface area contributed by atoms with E-state index in [9.17, 15) is 0 Å². The Balaban J connectivity index is 2.36. The molecular weight excluding hydrogens is 174 g/mol. The lowest BCUT2D eigenvalue weighted by Crippen LogP contribution is -2.45. The highest BCUT2D eigenvalue weighted by atomic mass is 16.5. The normalized spacial score (nSPS) is 27.4. The molecule has 0 aromatic heterocycles. The van der Waals surface area contributed by atoms with E-state index in [-0.39, 0.29) is 0 Å². The minimum atomic E-state index is 0.295. The predicted molar refractivity (Wildman–Crippen MR) is 60.5 cm³/mol. The van der Waals surface area contributed by atoms with Crippen LogP contribution in [0, 0.1) is 5.92 Å². The van der Waals surface area contributed by atoms with Crippen LogP contribution in [-0.2, 0) is 4.74 Å². The van der Waals surface area contributed by atoms with E-state index in [1.807, 2.05) is 0 Å². The van der Waals surface area contributed by atoms with Crippen LogP contribution in [-0.4, -0.2) is 25.3 Å². The molecule has 84 valence electrons. The first kappa shape index (κ1) is 12.0. The van der Waals surface area contributed by atoms with Crippen LogP contribution in [0.3, 0.4) is 0 Å². The van der Waals surface area contributed by atoms with Crippen LogP contribution in [0.25, 0.3) is 0 Å². The van der Waals surface area contributed by atoms with Gasteiger partial charge in [-0.15, -0.1) is 0 Å². The number of hydrogen-bond acceptors (Lipinski definition) is 2. The third-order valence-corrected chi connectivity index (χ3v) is 2.86. The second-order valence-electron chi connectivity index (χ2n) is 4.96. The van der Waals surface area contributed by atoms with Gasteiger partial charge in [0.25, 0.3) is 0 Å². The van der Waals surface area contributed by atoms with E-state index in [1.165, 1.54) is 25.8 Å². The van der Waals surface area contributed by atoms with Crippen molar-refractivity contribution in [2.75, 3.05) is 19.8 Å². The minimum Gasteiger partial charge on any atom is -0.380 e. The van der Waals surface area contributed by atoms with Gasteiger partial charge >= 0.3 is 0 Å². The molecule has 0 spiro atoms. The lowest BCUT2D eigenvalue weighted by atomic mass is 9.88. The molecule has 0 saturated carbocycles. The first-order valence-corrected chi connectivity index (χ1v) is 6.01. The summed E-state index contributed by atoms with van der Waals surface area (Å²) in [7, 11) is 0. The summed E-state index contributed by atoms with van der Waals surface area (Å²) >= 11 is 0. The van der Waals surface area contributed by atoms with Crippen molar-refractivity contribution in [3.8, 4) is 0 Å². The summed E-state index contributed by atoms with van der Waals surface area (Å²) in [5, 5.41) is 3.64. The van der Waals surface area contributed by atoms with Gasteiger partial charge in [0, 0.05) is 12.1 Å². The molecule has 0 aromatic carbocycles. The van der Waals surface area contributed by atoms with Crippen LogP contribution >= 0.6 is 0 Å². The average Bonchev–Trinajstić information content (AvgIpc) is 2.53. The molecule has 1 aliphatic rings. The molecule has 0 radical (unpaired) electrons. The van der Waals surface area contributed by atoms with Crippen molar-refractivity contribution in [2.45, 2.75) is 52.0 Å². The Hall–Kier alpha value is -0.0800. The summed E-state index contributed by atoms with van der Waals surface area (Å²) in [6.07, 6.45) is 4.96. The molecule has 1 heterocycles. The molecule has 1 N–H and O–H groups in total. The van der Waals surface area contributed by atoms with Gasteiger partial charge in [-0.2, -0.15) is 0 Å². The highest BCUT2D eigenvalue weighted by Crippen LogP contribution is 2.27. The summed E-state index contributed by atoms with van der Waals surface area (Å²) in [6.45, 7) is 9.73. The van der Waals surface area contributed by atoms with Gasteiger partial charge in [0.1, 0.15) is 0 Å². The van der Waals surface area contributed by atoms with Crippen molar-refractivity contribution >= 4 is 0 Å². The summed E-state index contributed by atoms with van der Waals surface area (Å²) in [6, 6.07) is 0. The largest absolute Gasteiger partial charge is 0.380 e. The van der Waals surface area contributed by atoms with Crippen LogP contribution in [0.1, 0.15) is 46.5 Å². The van der Waals surface area contributed by atoms with Gasteiger partial charge < -0.3 is 10.1 Å². The topological polar surface area (TPSA) is 21.3 Å². The molecule has 1 rings (SSSR count). The predicted octanol–water partition coefficient (Wildman–Crippen LogP) is 2.58. The first-order chi connectivity index (χ1) is 6.68. The van der Waals surface area contributed by atoms with Crippen LogP contribution < -0.4 is 5.32 Å². The molecule has 2 heteroatoms. The average molecular weight is 199 g/mol. The zero-order valence-electron chi connectivity index (χ0n) is 9.94. The summed E-state index contributed by atoms with van der Waals surface area (Å²) in [4.78, 5) is 0. The number of hydrogen-bond donors (Lipinski definition) is 1. The third-order valence-electron chi connectivity index (χ3n) is 2.86. The van der Waals surface area contributed by atoms with Gasteiger partial charge in [0.2, 0.25) is 0 Å². The summed E-state index contributed by atoms with van der Waals surface area (Å²) in [5.74, 6) is 0.755. The SMILES string of the molecule is CCCOCC1(CC(C)C)CCCN1. The number of ether oxygens (including phenoxy) is 1. The maximum atomic E-state index is 5.71. The van der Waals surface area contributed by atoms with Gasteiger partial charge in [-0.25, -0.2) is 0 Å². The molecular formula is C12H25NO. The van der Waals surface area contributed by atoms with Crippen LogP contribution in [0.15, 0.2) is 0 Å². The fourth-order valence-corrected chi connectivity index (χ4v) is 2.42.